The Hall–Kier alpha value is -1.69. The summed E-state index contributed by atoms with van der Waals surface area (Å²) in [5.41, 5.74) is 6.64. The van der Waals surface area contributed by atoms with Crippen LogP contribution in [0.15, 0.2) is 18.2 Å². The lowest BCUT2D eigenvalue weighted by Gasteiger charge is -2.19. The summed E-state index contributed by atoms with van der Waals surface area (Å²) in [4.78, 5) is 23.8. The highest BCUT2D eigenvalue weighted by molar-refractivity contribution is 7.99. The first-order valence-electron chi connectivity index (χ1n) is 4.85. The van der Waals surface area contributed by atoms with Crippen molar-refractivity contribution in [3.05, 3.63) is 23.8 Å². The Labute approximate surface area is 104 Å². The zero-order valence-corrected chi connectivity index (χ0v) is 10.5. The molecule has 3 N–H and O–H groups in total. The monoisotopic (exact) mass is 254 g/mol. The zero-order chi connectivity index (χ0) is 13.0. The Morgan fingerprint density at radius 2 is 2.12 bits per heavy atom. The van der Waals surface area contributed by atoms with Crippen molar-refractivity contribution in [1.29, 1.82) is 0 Å². The molecule has 0 saturated heterocycles. The minimum Gasteiger partial charge on any atom is -0.478 e. The number of carbonyl (C=O) groups excluding carboxylic acids is 1. The van der Waals surface area contributed by atoms with Crippen molar-refractivity contribution < 1.29 is 14.7 Å². The van der Waals surface area contributed by atoms with E-state index in [9.17, 15) is 9.59 Å². The fourth-order valence-corrected chi connectivity index (χ4v) is 1.79. The summed E-state index contributed by atoms with van der Waals surface area (Å²) < 4.78 is 0. The van der Waals surface area contributed by atoms with Crippen LogP contribution in [0, 0.1) is 0 Å². The number of amides is 1. The molecule has 0 spiro atoms. The Balaban J connectivity index is 2.99. The lowest BCUT2D eigenvalue weighted by molar-refractivity contribution is -0.115. The second-order valence-corrected chi connectivity index (χ2v) is 4.33. The number of aromatic carboxylic acids is 1. The first kappa shape index (κ1) is 13.4. The lowest BCUT2D eigenvalue weighted by Crippen LogP contribution is -2.28. The molecule has 0 heterocycles. The molecule has 0 radical (unpaired) electrons. The van der Waals surface area contributed by atoms with Crippen LogP contribution in [-0.2, 0) is 4.79 Å². The number of carboxylic acid groups (broad SMARTS) is 1. The number of carboxylic acids is 1. The number of anilines is 2. The largest absolute Gasteiger partial charge is 0.478 e. The predicted octanol–water partition coefficient (Wildman–Crippen LogP) is 1.29. The number of benzene rings is 1. The van der Waals surface area contributed by atoms with Gasteiger partial charge in [0.25, 0.3) is 0 Å². The van der Waals surface area contributed by atoms with Gasteiger partial charge < -0.3 is 15.7 Å². The van der Waals surface area contributed by atoms with Gasteiger partial charge in [-0.15, -0.1) is 0 Å². The Kier molecular flexibility index (Phi) is 4.39. The molecule has 0 unspecified atom stereocenters. The average molecular weight is 254 g/mol. The maximum atomic E-state index is 11.6. The fraction of sp³-hybridized carbons (Fsp3) is 0.273. The quantitative estimate of drug-likeness (QED) is 0.791. The molecule has 0 aliphatic rings. The summed E-state index contributed by atoms with van der Waals surface area (Å²) in [5, 5.41) is 8.79. The zero-order valence-electron chi connectivity index (χ0n) is 9.64. The SMILES string of the molecule is CSCC(=O)N(C)c1ccc(C(=O)O)cc1N. The van der Waals surface area contributed by atoms with Gasteiger partial charge in [0.05, 0.1) is 22.7 Å². The van der Waals surface area contributed by atoms with Crippen LogP contribution in [0.4, 0.5) is 11.4 Å². The van der Waals surface area contributed by atoms with Crippen molar-refractivity contribution in [2.75, 3.05) is 29.7 Å². The molecule has 1 rings (SSSR count). The number of rotatable bonds is 4. The van der Waals surface area contributed by atoms with Crippen molar-refractivity contribution in [3.8, 4) is 0 Å². The molecule has 0 aromatic heterocycles. The molecule has 1 aromatic rings. The molecular weight excluding hydrogens is 240 g/mol. The van der Waals surface area contributed by atoms with E-state index in [0.29, 0.717) is 11.4 Å². The van der Waals surface area contributed by atoms with Crippen LogP contribution in [0.2, 0.25) is 0 Å². The molecule has 1 aromatic carbocycles. The van der Waals surface area contributed by atoms with Gasteiger partial charge >= 0.3 is 5.97 Å². The predicted molar refractivity (Wildman–Crippen MR) is 69.6 cm³/mol. The van der Waals surface area contributed by atoms with Gasteiger partial charge in [0, 0.05) is 7.05 Å². The van der Waals surface area contributed by atoms with Crippen LogP contribution in [-0.4, -0.2) is 36.0 Å². The van der Waals surface area contributed by atoms with Crippen LogP contribution in [0.3, 0.4) is 0 Å². The van der Waals surface area contributed by atoms with Gasteiger partial charge in [-0.2, -0.15) is 11.8 Å². The van der Waals surface area contributed by atoms with Gasteiger partial charge in [-0.1, -0.05) is 0 Å². The molecule has 1 amide bonds. The van der Waals surface area contributed by atoms with Crippen molar-refractivity contribution in [1.82, 2.24) is 0 Å². The van der Waals surface area contributed by atoms with Crippen LogP contribution in [0.1, 0.15) is 10.4 Å². The number of carbonyl (C=O) groups is 2. The third-order valence-corrected chi connectivity index (χ3v) is 2.81. The Morgan fingerprint density at radius 3 is 2.59 bits per heavy atom. The highest BCUT2D eigenvalue weighted by Crippen LogP contribution is 2.23. The Bertz CT molecular complexity index is 448. The van der Waals surface area contributed by atoms with Crippen molar-refractivity contribution >= 4 is 35.0 Å². The summed E-state index contributed by atoms with van der Waals surface area (Å²) in [7, 11) is 1.62. The third kappa shape index (κ3) is 3.13. The number of nitrogens with two attached hydrogens (primary N) is 1. The third-order valence-electron chi connectivity index (χ3n) is 2.28. The summed E-state index contributed by atoms with van der Waals surface area (Å²) >= 11 is 1.42. The Morgan fingerprint density at radius 1 is 1.47 bits per heavy atom. The summed E-state index contributed by atoms with van der Waals surface area (Å²) in [6, 6.07) is 4.31. The van der Waals surface area contributed by atoms with Crippen molar-refractivity contribution in [2.45, 2.75) is 0 Å². The van der Waals surface area contributed by atoms with Crippen molar-refractivity contribution in [2.24, 2.45) is 0 Å². The topological polar surface area (TPSA) is 83.6 Å². The molecule has 17 heavy (non-hydrogen) atoms. The second kappa shape index (κ2) is 5.58. The minimum atomic E-state index is -1.04. The molecular formula is C11H14N2O3S. The van der Waals surface area contributed by atoms with E-state index < -0.39 is 5.97 Å². The van der Waals surface area contributed by atoms with Crippen LogP contribution >= 0.6 is 11.8 Å². The van der Waals surface area contributed by atoms with Gasteiger partial charge in [0.1, 0.15) is 0 Å². The maximum Gasteiger partial charge on any atom is 0.335 e. The standard InChI is InChI=1S/C11H14N2O3S/c1-13(10(14)6-17-2)9-4-3-7(11(15)16)5-8(9)12/h3-5H,6,12H2,1-2H3,(H,15,16). The van der Waals surface area contributed by atoms with E-state index in [1.165, 1.54) is 34.9 Å². The summed E-state index contributed by atoms with van der Waals surface area (Å²) in [6.07, 6.45) is 1.84. The van der Waals surface area contributed by atoms with E-state index >= 15 is 0 Å². The first-order chi connectivity index (χ1) is 7.97. The van der Waals surface area contributed by atoms with Gasteiger partial charge in [-0.25, -0.2) is 4.79 Å². The van der Waals surface area contributed by atoms with Gasteiger partial charge in [0.2, 0.25) is 5.91 Å². The number of nitrogen functional groups attached to an aromatic ring is 1. The smallest absolute Gasteiger partial charge is 0.335 e. The van der Waals surface area contributed by atoms with Gasteiger partial charge in [0.15, 0.2) is 0 Å². The average Bonchev–Trinajstić information content (AvgIpc) is 2.28. The highest BCUT2D eigenvalue weighted by Gasteiger charge is 2.14. The molecule has 0 atom stereocenters. The molecule has 0 fully saturated rings. The summed E-state index contributed by atoms with van der Waals surface area (Å²) in [5.74, 6) is -0.759. The van der Waals surface area contributed by atoms with E-state index in [2.05, 4.69) is 0 Å². The number of nitrogens with zero attached hydrogens (tertiary/aromatic N) is 1. The second-order valence-electron chi connectivity index (χ2n) is 3.46. The molecule has 5 nitrogen and oxygen atoms in total. The normalized spacial score (nSPS) is 10.0. The molecule has 0 saturated carbocycles. The minimum absolute atomic E-state index is 0.0766. The van der Waals surface area contributed by atoms with E-state index in [0.717, 1.165) is 0 Å². The lowest BCUT2D eigenvalue weighted by atomic mass is 10.1. The molecule has 0 aliphatic heterocycles. The van der Waals surface area contributed by atoms with E-state index in [1.807, 2.05) is 6.26 Å². The van der Waals surface area contributed by atoms with E-state index in [-0.39, 0.29) is 17.2 Å². The fourth-order valence-electron chi connectivity index (χ4n) is 1.35. The van der Waals surface area contributed by atoms with Crippen LogP contribution < -0.4 is 10.6 Å². The highest BCUT2D eigenvalue weighted by atomic mass is 32.2. The number of thioether (sulfide) groups is 1. The van der Waals surface area contributed by atoms with Crippen LogP contribution in [0.5, 0.6) is 0 Å². The molecule has 92 valence electrons. The first-order valence-corrected chi connectivity index (χ1v) is 6.25. The van der Waals surface area contributed by atoms with Crippen molar-refractivity contribution in [3.63, 3.8) is 0 Å². The number of hydrogen-bond acceptors (Lipinski definition) is 4. The number of hydrogen-bond donors (Lipinski definition) is 2. The summed E-state index contributed by atoms with van der Waals surface area (Å²) in [6.45, 7) is 0. The molecule has 0 aliphatic carbocycles. The molecule has 0 bridgehead atoms. The van der Waals surface area contributed by atoms with Gasteiger partial charge in [-0.3, -0.25) is 4.79 Å². The van der Waals surface area contributed by atoms with Gasteiger partial charge in [-0.05, 0) is 24.5 Å². The van der Waals surface area contributed by atoms with E-state index in [4.69, 9.17) is 10.8 Å². The van der Waals surface area contributed by atoms with Crippen LogP contribution in [0.25, 0.3) is 0 Å². The molecule has 6 heteroatoms. The van der Waals surface area contributed by atoms with E-state index in [1.54, 1.807) is 7.05 Å². The maximum absolute atomic E-state index is 11.6.